The van der Waals surface area contributed by atoms with Crippen molar-refractivity contribution >= 4 is 10.8 Å². The second-order valence-electron chi connectivity index (χ2n) is 4.40. The Morgan fingerprint density at radius 1 is 1.10 bits per heavy atom. The highest BCUT2D eigenvalue weighted by atomic mass is 16.5. The number of H-pyrrole nitrogens is 1. The second-order valence-corrected chi connectivity index (χ2v) is 4.40. The van der Waals surface area contributed by atoms with E-state index < -0.39 is 0 Å². The fourth-order valence-corrected chi connectivity index (χ4v) is 2.23. The number of ether oxygens (including phenoxy) is 1. The van der Waals surface area contributed by atoms with Crippen molar-refractivity contribution in [1.82, 2.24) is 25.9 Å². The Labute approximate surface area is 116 Å². The zero-order valence-electron chi connectivity index (χ0n) is 11.1. The molecule has 0 unspecified atom stereocenters. The number of nitrogens with zero attached hydrogens (tertiary/aromatic N) is 3. The van der Waals surface area contributed by atoms with E-state index in [0.29, 0.717) is 12.4 Å². The fraction of sp³-hybridized carbons (Fsp3) is 0.214. The minimum absolute atomic E-state index is 0.580. The van der Waals surface area contributed by atoms with Crippen LogP contribution in [0.1, 0.15) is 11.4 Å². The van der Waals surface area contributed by atoms with Crippen LogP contribution in [0.2, 0.25) is 0 Å². The third kappa shape index (κ3) is 2.46. The Balaban J connectivity index is 1.81. The van der Waals surface area contributed by atoms with Gasteiger partial charge in [0.15, 0.2) is 5.82 Å². The van der Waals surface area contributed by atoms with E-state index in [-0.39, 0.29) is 0 Å². The molecule has 3 rings (SSSR count). The van der Waals surface area contributed by atoms with E-state index in [4.69, 9.17) is 4.74 Å². The monoisotopic (exact) mass is 269 g/mol. The van der Waals surface area contributed by atoms with Gasteiger partial charge in [-0.05, 0) is 17.0 Å². The van der Waals surface area contributed by atoms with Crippen molar-refractivity contribution in [1.29, 1.82) is 0 Å². The first-order valence-corrected chi connectivity index (χ1v) is 6.36. The van der Waals surface area contributed by atoms with Crippen LogP contribution in [0, 0.1) is 0 Å². The normalized spacial score (nSPS) is 10.8. The molecule has 2 aromatic carbocycles. The topological polar surface area (TPSA) is 75.7 Å². The van der Waals surface area contributed by atoms with Gasteiger partial charge in [-0.2, -0.15) is 5.21 Å². The van der Waals surface area contributed by atoms with Gasteiger partial charge in [0.2, 0.25) is 0 Å². The van der Waals surface area contributed by atoms with Crippen molar-refractivity contribution in [3.05, 3.63) is 47.8 Å². The molecule has 0 fully saturated rings. The van der Waals surface area contributed by atoms with Crippen LogP contribution in [0.3, 0.4) is 0 Å². The third-order valence-electron chi connectivity index (χ3n) is 3.18. The Kier molecular flexibility index (Phi) is 3.56. The van der Waals surface area contributed by atoms with Gasteiger partial charge in [0.25, 0.3) is 0 Å². The van der Waals surface area contributed by atoms with Gasteiger partial charge >= 0.3 is 0 Å². The van der Waals surface area contributed by atoms with Crippen molar-refractivity contribution in [2.45, 2.75) is 13.1 Å². The first-order valence-electron chi connectivity index (χ1n) is 6.36. The first-order chi connectivity index (χ1) is 9.88. The Hall–Kier alpha value is -2.47. The van der Waals surface area contributed by atoms with Crippen molar-refractivity contribution in [2.75, 3.05) is 7.11 Å². The molecule has 6 nitrogen and oxygen atoms in total. The quantitative estimate of drug-likeness (QED) is 0.736. The maximum atomic E-state index is 5.39. The maximum absolute atomic E-state index is 5.39. The van der Waals surface area contributed by atoms with Gasteiger partial charge < -0.3 is 10.1 Å². The van der Waals surface area contributed by atoms with Crippen molar-refractivity contribution in [2.24, 2.45) is 0 Å². The predicted molar refractivity (Wildman–Crippen MR) is 75.2 cm³/mol. The Bertz CT molecular complexity index is 696. The number of nitrogens with one attached hydrogen (secondary N) is 2. The number of rotatable bonds is 5. The first kappa shape index (κ1) is 12.6. The molecule has 1 heterocycles. The summed E-state index contributed by atoms with van der Waals surface area (Å²) in [6.07, 6.45) is 0. The van der Waals surface area contributed by atoms with E-state index in [0.717, 1.165) is 17.7 Å². The van der Waals surface area contributed by atoms with Crippen LogP contribution in [-0.4, -0.2) is 27.7 Å². The average molecular weight is 269 g/mol. The molecular weight excluding hydrogens is 254 g/mol. The molecule has 0 amide bonds. The van der Waals surface area contributed by atoms with E-state index in [2.05, 4.69) is 44.1 Å². The minimum Gasteiger partial charge on any atom is -0.496 e. The maximum Gasteiger partial charge on any atom is 0.188 e. The highest BCUT2D eigenvalue weighted by Gasteiger charge is 2.06. The fourth-order valence-electron chi connectivity index (χ4n) is 2.23. The summed E-state index contributed by atoms with van der Waals surface area (Å²) in [5, 5.41) is 19.4. The van der Waals surface area contributed by atoms with Gasteiger partial charge in [0, 0.05) is 11.9 Å². The molecule has 1 aromatic heterocycles. The van der Waals surface area contributed by atoms with Gasteiger partial charge in [0.05, 0.1) is 13.7 Å². The average Bonchev–Trinajstić information content (AvgIpc) is 3.01. The van der Waals surface area contributed by atoms with E-state index >= 15 is 0 Å². The van der Waals surface area contributed by atoms with Crippen LogP contribution in [0.25, 0.3) is 10.8 Å². The van der Waals surface area contributed by atoms with Crippen molar-refractivity contribution < 1.29 is 4.74 Å². The van der Waals surface area contributed by atoms with Crippen molar-refractivity contribution in [3.8, 4) is 5.75 Å². The molecule has 102 valence electrons. The van der Waals surface area contributed by atoms with Gasteiger partial charge in [-0.25, -0.2) is 0 Å². The zero-order valence-corrected chi connectivity index (χ0v) is 11.1. The summed E-state index contributed by atoms with van der Waals surface area (Å²) in [5.74, 6) is 1.55. The number of fused-ring (bicyclic) bond motifs is 1. The van der Waals surface area contributed by atoms with Crippen LogP contribution in [0.4, 0.5) is 0 Å². The van der Waals surface area contributed by atoms with Crippen LogP contribution < -0.4 is 10.1 Å². The molecule has 0 aliphatic carbocycles. The molecular formula is C14H15N5O. The van der Waals surface area contributed by atoms with E-state index in [9.17, 15) is 0 Å². The molecule has 3 aromatic rings. The molecule has 20 heavy (non-hydrogen) atoms. The summed E-state index contributed by atoms with van der Waals surface area (Å²) in [6, 6.07) is 12.3. The molecule has 2 N–H and O–H groups in total. The lowest BCUT2D eigenvalue weighted by Gasteiger charge is -2.10. The van der Waals surface area contributed by atoms with E-state index in [1.807, 2.05) is 18.2 Å². The molecule has 0 saturated heterocycles. The molecule has 0 bridgehead atoms. The molecule has 6 heteroatoms. The van der Waals surface area contributed by atoms with E-state index in [1.165, 1.54) is 10.9 Å². The predicted octanol–water partition coefficient (Wildman–Crippen LogP) is 1.65. The van der Waals surface area contributed by atoms with Gasteiger partial charge in [-0.15, -0.1) is 10.2 Å². The summed E-state index contributed by atoms with van der Waals surface area (Å²) in [6.45, 7) is 1.32. The number of aromatic amines is 1. The van der Waals surface area contributed by atoms with Gasteiger partial charge in [-0.3, -0.25) is 0 Å². The zero-order chi connectivity index (χ0) is 13.8. The standard InChI is InChI=1S/C14H15N5O/c1-20-13-7-6-10(11-4-2-3-5-12(11)13)8-15-9-14-16-18-19-17-14/h2-7,15H,8-9H2,1H3,(H,16,17,18,19). The molecule has 0 aliphatic rings. The highest BCUT2D eigenvalue weighted by molar-refractivity contribution is 5.91. The SMILES string of the molecule is COc1ccc(CNCc2nn[nH]n2)c2ccccc12. The number of hydrogen-bond donors (Lipinski definition) is 2. The van der Waals surface area contributed by atoms with Gasteiger partial charge in [0.1, 0.15) is 5.75 Å². The van der Waals surface area contributed by atoms with Crippen LogP contribution >= 0.6 is 0 Å². The highest BCUT2D eigenvalue weighted by Crippen LogP contribution is 2.28. The molecule has 0 spiro atoms. The van der Waals surface area contributed by atoms with Crippen molar-refractivity contribution in [3.63, 3.8) is 0 Å². The smallest absolute Gasteiger partial charge is 0.188 e. The number of aromatic nitrogens is 4. The van der Waals surface area contributed by atoms with Crippen LogP contribution in [0.5, 0.6) is 5.75 Å². The summed E-state index contributed by atoms with van der Waals surface area (Å²) in [5.41, 5.74) is 1.21. The summed E-state index contributed by atoms with van der Waals surface area (Å²) >= 11 is 0. The lowest BCUT2D eigenvalue weighted by molar-refractivity contribution is 0.419. The minimum atomic E-state index is 0.580. The number of tetrazole rings is 1. The van der Waals surface area contributed by atoms with Crippen LogP contribution in [-0.2, 0) is 13.1 Å². The molecule has 0 atom stereocenters. The van der Waals surface area contributed by atoms with Gasteiger partial charge in [-0.1, -0.05) is 35.5 Å². The Morgan fingerprint density at radius 2 is 1.95 bits per heavy atom. The largest absolute Gasteiger partial charge is 0.496 e. The summed E-state index contributed by atoms with van der Waals surface area (Å²) in [7, 11) is 1.69. The number of methoxy groups -OCH3 is 1. The Morgan fingerprint density at radius 3 is 2.70 bits per heavy atom. The third-order valence-corrected chi connectivity index (χ3v) is 3.18. The lowest BCUT2D eigenvalue weighted by atomic mass is 10.0. The molecule has 0 aliphatic heterocycles. The summed E-state index contributed by atoms with van der Waals surface area (Å²) < 4.78 is 5.39. The lowest BCUT2D eigenvalue weighted by Crippen LogP contribution is -2.14. The second kappa shape index (κ2) is 5.66. The summed E-state index contributed by atoms with van der Waals surface area (Å²) in [4.78, 5) is 0. The van der Waals surface area contributed by atoms with Crippen LogP contribution in [0.15, 0.2) is 36.4 Å². The molecule has 0 radical (unpaired) electrons. The number of benzene rings is 2. The number of hydrogen-bond acceptors (Lipinski definition) is 5. The molecule has 0 saturated carbocycles. The van der Waals surface area contributed by atoms with E-state index in [1.54, 1.807) is 7.11 Å².